The zero-order valence-electron chi connectivity index (χ0n) is 13.8. The van der Waals surface area contributed by atoms with Crippen molar-refractivity contribution in [1.82, 2.24) is 0 Å². The monoisotopic (exact) mass is 327 g/mol. The van der Waals surface area contributed by atoms with Crippen molar-refractivity contribution in [3.63, 3.8) is 0 Å². The van der Waals surface area contributed by atoms with Crippen LogP contribution in [0.15, 0.2) is 54.6 Å². The summed E-state index contributed by atoms with van der Waals surface area (Å²) in [7, 11) is 0. The van der Waals surface area contributed by atoms with E-state index in [-0.39, 0.29) is 25.2 Å². The Morgan fingerprint density at radius 2 is 1.67 bits per heavy atom. The van der Waals surface area contributed by atoms with Crippen LogP contribution in [-0.2, 0) is 16.1 Å². The number of nitrogens with zero attached hydrogens (tertiary/aromatic N) is 1. The number of anilines is 1. The van der Waals surface area contributed by atoms with E-state index in [4.69, 9.17) is 9.84 Å². The molecule has 0 radical (unpaired) electrons. The number of rotatable bonds is 6. The SMILES string of the molecule is CC(C)N(C(=O)COC(=O)c1ccc(CO)cc1)c1ccccc1. The van der Waals surface area contributed by atoms with Gasteiger partial charge in [-0.25, -0.2) is 4.79 Å². The third-order valence-electron chi connectivity index (χ3n) is 3.52. The molecule has 2 aromatic rings. The Morgan fingerprint density at radius 3 is 2.21 bits per heavy atom. The molecule has 0 aliphatic carbocycles. The molecule has 0 spiro atoms. The van der Waals surface area contributed by atoms with Crippen LogP contribution in [0.4, 0.5) is 5.69 Å². The van der Waals surface area contributed by atoms with Crippen LogP contribution in [0.5, 0.6) is 0 Å². The van der Waals surface area contributed by atoms with Crippen molar-refractivity contribution < 1.29 is 19.4 Å². The Kier molecular flexibility index (Phi) is 6.09. The molecule has 0 aliphatic heterocycles. The third-order valence-corrected chi connectivity index (χ3v) is 3.52. The molecule has 0 saturated heterocycles. The minimum Gasteiger partial charge on any atom is -0.452 e. The van der Waals surface area contributed by atoms with Gasteiger partial charge in [0.25, 0.3) is 5.91 Å². The summed E-state index contributed by atoms with van der Waals surface area (Å²) in [6.45, 7) is 3.39. The minimum absolute atomic E-state index is 0.0533. The topological polar surface area (TPSA) is 66.8 Å². The highest BCUT2D eigenvalue weighted by Crippen LogP contribution is 2.17. The molecule has 2 aromatic carbocycles. The quantitative estimate of drug-likeness (QED) is 0.829. The van der Waals surface area contributed by atoms with E-state index in [1.165, 1.54) is 0 Å². The molecule has 0 aliphatic rings. The highest BCUT2D eigenvalue weighted by atomic mass is 16.5. The second kappa shape index (κ2) is 8.26. The van der Waals surface area contributed by atoms with Crippen LogP contribution in [0, 0.1) is 0 Å². The van der Waals surface area contributed by atoms with Gasteiger partial charge in [0, 0.05) is 11.7 Å². The molecule has 126 valence electrons. The lowest BCUT2D eigenvalue weighted by atomic mass is 10.1. The predicted octanol–water partition coefficient (Wildman–Crippen LogP) is 2.78. The molecule has 0 aromatic heterocycles. The lowest BCUT2D eigenvalue weighted by Gasteiger charge is -2.26. The first-order chi connectivity index (χ1) is 11.5. The van der Waals surface area contributed by atoms with Crippen LogP contribution in [-0.4, -0.2) is 29.6 Å². The van der Waals surface area contributed by atoms with E-state index in [1.807, 2.05) is 44.2 Å². The molecule has 0 heterocycles. The van der Waals surface area contributed by atoms with Gasteiger partial charge >= 0.3 is 5.97 Å². The summed E-state index contributed by atoms with van der Waals surface area (Å²) in [6, 6.07) is 15.6. The number of carbonyl (C=O) groups excluding carboxylic acids is 2. The third kappa shape index (κ3) is 4.43. The van der Waals surface area contributed by atoms with Gasteiger partial charge in [-0.3, -0.25) is 4.79 Å². The lowest BCUT2D eigenvalue weighted by Crippen LogP contribution is -2.39. The van der Waals surface area contributed by atoms with E-state index < -0.39 is 5.97 Å². The normalized spacial score (nSPS) is 10.5. The van der Waals surface area contributed by atoms with Gasteiger partial charge in [-0.1, -0.05) is 30.3 Å². The van der Waals surface area contributed by atoms with Crippen LogP contribution in [0.2, 0.25) is 0 Å². The predicted molar refractivity (Wildman–Crippen MR) is 91.7 cm³/mol. The summed E-state index contributed by atoms with van der Waals surface area (Å²) in [5.74, 6) is -0.846. The fourth-order valence-electron chi connectivity index (χ4n) is 2.35. The fraction of sp³-hybridized carbons (Fsp3) is 0.263. The standard InChI is InChI=1S/C19H21NO4/c1-14(2)20(17-6-4-3-5-7-17)18(22)13-24-19(23)16-10-8-15(12-21)9-11-16/h3-11,14,21H,12-13H2,1-2H3. The smallest absolute Gasteiger partial charge is 0.338 e. The lowest BCUT2D eigenvalue weighted by molar-refractivity contribution is -0.122. The highest BCUT2D eigenvalue weighted by Gasteiger charge is 2.20. The van der Waals surface area contributed by atoms with E-state index in [1.54, 1.807) is 29.2 Å². The first-order valence-electron chi connectivity index (χ1n) is 7.77. The van der Waals surface area contributed by atoms with Gasteiger partial charge in [0.15, 0.2) is 6.61 Å². The number of ether oxygens (including phenoxy) is 1. The van der Waals surface area contributed by atoms with Crippen LogP contribution < -0.4 is 4.90 Å². The zero-order valence-corrected chi connectivity index (χ0v) is 13.8. The molecule has 24 heavy (non-hydrogen) atoms. The van der Waals surface area contributed by atoms with Gasteiger partial charge in [0.05, 0.1) is 12.2 Å². The maximum Gasteiger partial charge on any atom is 0.338 e. The van der Waals surface area contributed by atoms with Crippen molar-refractivity contribution in [2.24, 2.45) is 0 Å². The van der Waals surface area contributed by atoms with Crippen molar-refractivity contribution in [3.8, 4) is 0 Å². The summed E-state index contributed by atoms with van der Waals surface area (Å²) in [5.41, 5.74) is 1.81. The number of hydrogen-bond acceptors (Lipinski definition) is 4. The second-order valence-corrected chi connectivity index (χ2v) is 5.62. The van der Waals surface area contributed by atoms with Gasteiger partial charge in [0.2, 0.25) is 0 Å². The maximum atomic E-state index is 12.4. The van der Waals surface area contributed by atoms with Crippen molar-refractivity contribution in [1.29, 1.82) is 0 Å². The van der Waals surface area contributed by atoms with Crippen molar-refractivity contribution in [2.45, 2.75) is 26.5 Å². The first-order valence-corrected chi connectivity index (χ1v) is 7.77. The molecule has 1 amide bonds. The molecule has 1 N–H and O–H groups in total. The molecule has 0 bridgehead atoms. The largest absolute Gasteiger partial charge is 0.452 e. The number of aliphatic hydroxyl groups excluding tert-OH is 1. The van der Waals surface area contributed by atoms with Gasteiger partial charge in [0.1, 0.15) is 0 Å². The van der Waals surface area contributed by atoms with Crippen LogP contribution >= 0.6 is 0 Å². The van der Waals surface area contributed by atoms with E-state index in [9.17, 15) is 9.59 Å². The number of para-hydroxylation sites is 1. The van der Waals surface area contributed by atoms with Crippen molar-refractivity contribution >= 4 is 17.6 Å². The number of esters is 1. The van der Waals surface area contributed by atoms with Crippen molar-refractivity contribution in [2.75, 3.05) is 11.5 Å². The Hall–Kier alpha value is -2.66. The van der Waals surface area contributed by atoms with Gasteiger partial charge in [-0.2, -0.15) is 0 Å². The maximum absolute atomic E-state index is 12.4. The number of hydrogen-bond donors (Lipinski definition) is 1. The van der Waals surface area contributed by atoms with E-state index in [0.717, 1.165) is 5.69 Å². The van der Waals surface area contributed by atoms with Crippen LogP contribution in [0.3, 0.4) is 0 Å². The highest BCUT2D eigenvalue weighted by molar-refractivity contribution is 5.97. The molecule has 0 fully saturated rings. The second-order valence-electron chi connectivity index (χ2n) is 5.62. The first kappa shape index (κ1) is 17.7. The molecular formula is C19H21NO4. The van der Waals surface area contributed by atoms with Gasteiger partial charge in [-0.05, 0) is 43.7 Å². The van der Waals surface area contributed by atoms with Crippen LogP contribution in [0.1, 0.15) is 29.8 Å². The Morgan fingerprint density at radius 1 is 1.04 bits per heavy atom. The summed E-state index contributed by atoms with van der Waals surface area (Å²) in [6.07, 6.45) is 0. The molecule has 0 atom stereocenters. The van der Waals surface area contributed by atoms with E-state index >= 15 is 0 Å². The molecule has 5 heteroatoms. The zero-order chi connectivity index (χ0) is 17.5. The van der Waals surface area contributed by atoms with Crippen LogP contribution in [0.25, 0.3) is 0 Å². The van der Waals surface area contributed by atoms with Crippen molar-refractivity contribution in [3.05, 3.63) is 65.7 Å². The Labute approximate surface area is 141 Å². The summed E-state index contributed by atoms with van der Waals surface area (Å²) < 4.78 is 5.12. The number of benzene rings is 2. The molecule has 0 saturated carbocycles. The number of carbonyl (C=O) groups is 2. The van der Waals surface area contributed by atoms with Gasteiger partial charge < -0.3 is 14.7 Å². The van der Waals surface area contributed by atoms with E-state index in [0.29, 0.717) is 11.1 Å². The fourth-order valence-corrected chi connectivity index (χ4v) is 2.35. The Bertz CT molecular complexity index is 680. The summed E-state index contributed by atoms with van der Waals surface area (Å²) in [4.78, 5) is 26.1. The molecular weight excluding hydrogens is 306 g/mol. The average molecular weight is 327 g/mol. The van der Waals surface area contributed by atoms with E-state index in [2.05, 4.69) is 0 Å². The summed E-state index contributed by atoms with van der Waals surface area (Å²) in [5, 5.41) is 9.00. The molecule has 0 unspecified atom stereocenters. The van der Waals surface area contributed by atoms with Gasteiger partial charge in [-0.15, -0.1) is 0 Å². The number of amides is 1. The Balaban J connectivity index is 2.01. The summed E-state index contributed by atoms with van der Waals surface area (Å²) >= 11 is 0. The number of aliphatic hydroxyl groups is 1. The average Bonchev–Trinajstić information content (AvgIpc) is 2.60. The molecule has 5 nitrogen and oxygen atoms in total. The molecule has 2 rings (SSSR count). The minimum atomic E-state index is -0.565.